The van der Waals surface area contributed by atoms with E-state index in [1.54, 1.807) is 18.2 Å². The van der Waals surface area contributed by atoms with Crippen LogP contribution in [0.15, 0.2) is 48.5 Å². The van der Waals surface area contributed by atoms with Gasteiger partial charge in [0.1, 0.15) is 11.5 Å². The zero-order chi connectivity index (χ0) is 13.7. The van der Waals surface area contributed by atoms with Crippen LogP contribution in [0.1, 0.15) is 30.1 Å². The smallest absolute Gasteiger partial charge is 0.164 e. The number of rotatable bonds is 5. The predicted molar refractivity (Wildman–Crippen MR) is 77.2 cm³/mol. The first-order chi connectivity index (χ1) is 9.20. The summed E-state index contributed by atoms with van der Waals surface area (Å²) in [5.74, 6) is 1.40. The lowest BCUT2D eigenvalue weighted by atomic mass is 10.1. The number of para-hydroxylation sites is 1. The van der Waals surface area contributed by atoms with Crippen molar-refractivity contribution in [3.05, 3.63) is 59.1 Å². The standard InChI is InChI=1S/C16H15ClO2/c1-2-6-16(18)14-11-13(9-10-15(14)17)19-12-7-4-3-5-8-12/h3-5,7-11H,2,6H2,1H3. The lowest BCUT2D eigenvalue weighted by Crippen LogP contribution is -1.99. The summed E-state index contributed by atoms with van der Waals surface area (Å²) in [7, 11) is 0. The number of hydrogen-bond donors (Lipinski definition) is 0. The number of halogens is 1. The molecule has 0 atom stereocenters. The zero-order valence-electron chi connectivity index (χ0n) is 10.7. The molecule has 0 heterocycles. The highest BCUT2D eigenvalue weighted by Crippen LogP contribution is 2.27. The number of ketones is 1. The lowest BCUT2D eigenvalue weighted by molar-refractivity contribution is 0.0981. The van der Waals surface area contributed by atoms with Crippen LogP contribution in [0.2, 0.25) is 5.02 Å². The SMILES string of the molecule is CCCC(=O)c1cc(Oc2ccccc2)ccc1Cl. The second kappa shape index (κ2) is 6.39. The van der Waals surface area contributed by atoms with Gasteiger partial charge >= 0.3 is 0 Å². The highest BCUT2D eigenvalue weighted by Gasteiger charge is 2.11. The summed E-state index contributed by atoms with van der Waals surface area (Å²) in [5, 5.41) is 0.471. The van der Waals surface area contributed by atoms with Gasteiger partial charge in [-0.1, -0.05) is 36.7 Å². The molecule has 3 heteroatoms. The zero-order valence-corrected chi connectivity index (χ0v) is 11.5. The molecule has 0 amide bonds. The van der Waals surface area contributed by atoms with E-state index in [0.717, 1.165) is 12.2 Å². The summed E-state index contributed by atoms with van der Waals surface area (Å²) in [6.45, 7) is 1.97. The average Bonchev–Trinajstić information content (AvgIpc) is 2.42. The summed E-state index contributed by atoms with van der Waals surface area (Å²) in [4.78, 5) is 11.9. The molecule has 0 aliphatic rings. The third kappa shape index (κ3) is 3.58. The van der Waals surface area contributed by atoms with Gasteiger partial charge < -0.3 is 4.74 Å². The van der Waals surface area contributed by atoms with E-state index in [-0.39, 0.29) is 5.78 Å². The molecule has 0 saturated heterocycles. The number of ether oxygens (including phenoxy) is 1. The van der Waals surface area contributed by atoms with E-state index >= 15 is 0 Å². The minimum absolute atomic E-state index is 0.0472. The monoisotopic (exact) mass is 274 g/mol. The van der Waals surface area contributed by atoms with Crippen LogP contribution in [0, 0.1) is 0 Å². The van der Waals surface area contributed by atoms with E-state index in [0.29, 0.717) is 22.8 Å². The number of carbonyl (C=O) groups is 1. The molecule has 2 rings (SSSR count). The Kier molecular flexibility index (Phi) is 4.58. The van der Waals surface area contributed by atoms with Crippen molar-refractivity contribution in [2.75, 3.05) is 0 Å². The van der Waals surface area contributed by atoms with Crippen molar-refractivity contribution in [2.45, 2.75) is 19.8 Å². The van der Waals surface area contributed by atoms with Crippen molar-refractivity contribution >= 4 is 17.4 Å². The second-order valence-electron chi connectivity index (χ2n) is 4.23. The van der Waals surface area contributed by atoms with Crippen molar-refractivity contribution in [1.29, 1.82) is 0 Å². The molecule has 0 aliphatic heterocycles. The third-order valence-corrected chi connectivity index (χ3v) is 3.02. The minimum atomic E-state index is 0.0472. The Bertz CT molecular complexity index is 564. The molecule has 0 aliphatic carbocycles. The molecule has 2 aromatic rings. The first kappa shape index (κ1) is 13.6. The Morgan fingerprint density at radius 3 is 2.53 bits per heavy atom. The van der Waals surface area contributed by atoms with Gasteiger partial charge in [0.05, 0.1) is 5.02 Å². The van der Waals surface area contributed by atoms with Gasteiger partial charge in [0, 0.05) is 12.0 Å². The molecule has 0 N–H and O–H groups in total. The minimum Gasteiger partial charge on any atom is -0.457 e. The van der Waals surface area contributed by atoms with Gasteiger partial charge in [-0.05, 0) is 36.8 Å². The molecule has 0 fully saturated rings. The van der Waals surface area contributed by atoms with Crippen LogP contribution in [-0.4, -0.2) is 5.78 Å². The van der Waals surface area contributed by atoms with Crippen molar-refractivity contribution in [2.24, 2.45) is 0 Å². The molecule has 98 valence electrons. The van der Waals surface area contributed by atoms with Gasteiger partial charge in [0.25, 0.3) is 0 Å². The molecule has 0 unspecified atom stereocenters. The first-order valence-corrected chi connectivity index (χ1v) is 6.64. The van der Waals surface area contributed by atoms with E-state index in [2.05, 4.69) is 0 Å². The summed E-state index contributed by atoms with van der Waals surface area (Å²) in [5.41, 5.74) is 0.525. The van der Waals surface area contributed by atoms with E-state index in [9.17, 15) is 4.79 Å². The molecular weight excluding hydrogens is 260 g/mol. The van der Waals surface area contributed by atoms with Gasteiger partial charge in [-0.25, -0.2) is 0 Å². The summed E-state index contributed by atoms with van der Waals surface area (Å²) < 4.78 is 5.69. The van der Waals surface area contributed by atoms with Crippen LogP contribution < -0.4 is 4.74 Å². The van der Waals surface area contributed by atoms with E-state index < -0.39 is 0 Å². The van der Waals surface area contributed by atoms with Gasteiger partial charge in [-0.2, -0.15) is 0 Å². The van der Waals surface area contributed by atoms with E-state index in [1.807, 2.05) is 37.3 Å². The number of hydrogen-bond acceptors (Lipinski definition) is 2. The van der Waals surface area contributed by atoms with E-state index in [1.165, 1.54) is 0 Å². The molecule has 0 bridgehead atoms. The second-order valence-corrected chi connectivity index (χ2v) is 4.64. The van der Waals surface area contributed by atoms with Gasteiger partial charge in [-0.3, -0.25) is 4.79 Å². The molecule has 0 radical (unpaired) electrons. The topological polar surface area (TPSA) is 26.3 Å². The average molecular weight is 275 g/mol. The first-order valence-electron chi connectivity index (χ1n) is 6.26. The Labute approximate surface area is 118 Å². The van der Waals surface area contributed by atoms with Crippen molar-refractivity contribution in [3.63, 3.8) is 0 Å². The van der Waals surface area contributed by atoms with Crippen molar-refractivity contribution in [1.82, 2.24) is 0 Å². The Balaban J connectivity index is 2.23. The van der Waals surface area contributed by atoms with Crippen LogP contribution in [0.4, 0.5) is 0 Å². The number of Topliss-reactive ketones (excluding diaryl/α,β-unsaturated/α-hetero) is 1. The van der Waals surface area contributed by atoms with Crippen LogP contribution in [-0.2, 0) is 0 Å². The largest absolute Gasteiger partial charge is 0.457 e. The summed E-state index contributed by atoms with van der Waals surface area (Å²) >= 11 is 6.05. The van der Waals surface area contributed by atoms with E-state index in [4.69, 9.17) is 16.3 Å². The fourth-order valence-corrected chi connectivity index (χ4v) is 1.99. The maximum atomic E-state index is 11.9. The fourth-order valence-electron chi connectivity index (χ4n) is 1.77. The van der Waals surface area contributed by atoms with Crippen molar-refractivity contribution in [3.8, 4) is 11.5 Å². The summed E-state index contributed by atoms with van der Waals surface area (Å²) in [6.07, 6.45) is 1.30. The van der Waals surface area contributed by atoms with Crippen LogP contribution in [0.25, 0.3) is 0 Å². The maximum Gasteiger partial charge on any atom is 0.164 e. The molecule has 0 saturated carbocycles. The van der Waals surface area contributed by atoms with Crippen molar-refractivity contribution < 1.29 is 9.53 Å². The lowest BCUT2D eigenvalue weighted by Gasteiger charge is -2.08. The quantitative estimate of drug-likeness (QED) is 0.708. The van der Waals surface area contributed by atoms with Gasteiger partial charge in [-0.15, -0.1) is 0 Å². The molecule has 0 aromatic heterocycles. The molecular formula is C16H15ClO2. The fraction of sp³-hybridized carbons (Fsp3) is 0.188. The Hall–Kier alpha value is -1.80. The van der Waals surface area contributed by atoms with Crippen LogP contribution in [0.5, 0.6) is 11.5 Å². The Morgan fingerprint density at radius 1 is 1.11 bits per heavy atom. The number of carbonyl (C=O) groups excluding carboxylic acids is 1. The van der Waals surface area contributed by atoms with Crippen LogP contribution in [0.3, 0.4) is 0 Å². The van der Waals surface area contributed by atoms with Gasteiger partial charge in [0.15, 0.2) is 5.78 Å². The highest BCUT2D eigenvalue weighted by molar-refractivity contribution is 6.34. The van der Waals surface area contributed by atoms with Gasteiger partial charge in [0.2, 0.25) is 0 Å². The molecule has 0 spiro atoms. The third-order valence-electron chi connectivity index (χ3n) is 2.69. The number of benzene rings is 2. The molecule has 2 nitrogen and oxygen atoms in total. The highest BCUT2D eigenvalue weighted by atomic mass is 35.5. The summed E-state index contributed by atoms with van der Waals surface area (Å²) in [6, 6.07) is 14.6. The normalized spacial score (nSPS) is 10.2. The van der Waals surface area contributed by atoms with Crippen LogP contribution >= 0.6 is 11.6 Å². The predicted octanol–water partition coefficient (Wildman–Crippen LogP) is 5.12. The maximum absolute atomic E-state index is 11.9. The molecule has 2 aromatic carbocycles. The Morgan fingerprint density at radius 2 is 1.84 bits per heavy atom. The molecule has 19 heavy (non-hydrogen) atoms.